The van der Waals surface area contributed by atoms with Crippen molar-refractivity contribution in [3.63, 3.8) is 0 Å². The molecule has 0 amide bonds. The van der Waals surface area contributed by atoms with Crippen molar-refractivity contribution in [1.29, 1.82) is 0 Å². The number of fused-ring (bicyclic) bond motifs is 1. The molecule has 0 atom stereocenters. The topological polar surface area (TPSA) is 69.6 Å². The van der Waals surface area contributed by atoms with E-state index in [4.69, 9.17) is 4.52 Å². The highest BCUT2D eigenvalue weighted by Crippen LogP contribution is 2.28. The number of hydrogen-bond acceptors (Lipinski definition) is 5. The summed E-state index contributed by atoms with van der Waals surface area (Å²) in [6, 6.07) is 12.1. The summed E-state index contributed by atoms with van der Waals surface area (Å²) >= 11 is 0. The van der Waals surface area contributed by atoms with Gasteiger partial charge in [-0.3, -0.25) is 4.68 Å². The third-order valence-corrected chi connectivity index (χ3v) is 5.33. The zero-order valence-corrected chi connectivity index (χ0v) is 17.9. The Labute approximate surface area is 195 Å². The lowest BCUT2D eigenvalue weighted by Crippen LogP contribution is -2.08. The Morgan fingerprint density at radius 3 is 2.46 bits per heavy atom. The fourth-order valence-corrected chi connectivity index (χ4v) is 3.56. The van der Waals surface area contributed by atoms with E-state index in [9.17, 15) is 22.0 Å². The molecular weight excluding hydrogens is 469 g/mol. The van der Waals surface area contributed by atoms with Crippen molar-refractivity contribution in [1.82, 2.24) is 24.9 Å². The Balaban J connectivity index is 1.31. The number of alkyl halides is 3. The maximum Gasteiger partial charge on any atom is 0.389 e. The van der Waals surface area contributed by atoms with E-state index >= 15 is 0 Å². The summed E-state index contributed by atoms with van der Waals surface area (Å²) in [4.78, 5) is 8.50. The second-order valence-corrected chi connectivity index (χ2v) is 7.88. The number of aromatic nitrogens is 5. The summed E-state index contributed by atoms with van der Waals surface area (Å²) in [6.45, 7) is 0.211. The number of rotatable bonds is 6. The minimum absolute atomic E-state index is 0.0444. The Hall–Kier alpha value is -4.15. The minimum Gasteiger partial charge on any atom is -0.359 e. The SMILES string of the molecule is Fc1cccc(-c2nc3cnn(Cc4cc(-c5ccc(CCC(F)(F)F)cc5)no4)cc-3n2)c1F. The summed E-state index contributed by atoms with van der Waals surface area (Å²) in [7, 11) is 0. The van der Waals surface area contributed by atoms with Crippen molar-refractivity contribution >= 4 is 0 Å². The van der Waals surface area contributed by atoms with Gasteiger partial charge in [-0.1, -0.05) is 35.5 Å². The van der Waals surface area contributed by atoms with Gasteiger partial charge in [0.05, 0.1) is 18.0 Å². The molecular formula is C24H16F5N5O. The fourth-order valence-electron chi connectivity index (χ4n) is 3.56. The average molecular weight is 485 g/mol. The molecule has 3 aromatic rings. The molecule has 0 bridgehead atoms. The molecule has 35 heavy (non-hydrogen) atoms. The van der Waals surface area contributed by atoms with E-state index < -0.39 is 24.2 Å². The second kappa shape index (κ2) is 8.90. The molecule has 5 rings (SSSR count). The van der Waals surface area contributed by atoms with Crippen molar-refractivity contribution < 1.29 is 26.5 Å². The first-order valence-electron chi connectivity index (χ1n) is 10.5. The Kier molecular flexibility index (Phi) is 5.75. The first-order chi connectivity index (χ1) is 16.7. The molecule has 6 nitrogen and oxygen atoms in total. The molecule has 0 fully saturated rings. The van der Waals surface area contributed by atoms with Crippen LogP contribution in [0.2, 0.25) is 0 Å². The number of hydrogen-bond donors (Lipinski definition) is 0. The number of nitrogens with zero attached hydrogens (tertiary/aromatic N) is 5. The van der Waals surface area contributed by atoms with E-state index in [0.717, 1.165) is 6.07 Å². The van der Waals surface area contributed by atoms with Gasteiger partial charge in [0.25, 0.3) is 0 Å². The molecule has 0 unspecified atom stereocenters. The molecule has 2 aliphatic rings. The number of imidazole rings is 1. The van der Waals surface area contributed by atoms with Gasteiger partial charge in [-0.25, -0.2) is 18.7 Å². The van der Waals surface area contributed by atoms with E-state index in [0.29, 0.717) is 34.0 Å². The Morgan fingerprint density at radius 2 is 1.69 bits per heavy atom. The van der Waals surface area contributed by atoms with Crippen LogP contribution in [0.5, 0.6) is 0 Å². The Morgan fingerprint density at radius 1 is 0.914 bits per heavy atom. The summed E-state index contributed by atoms with van der Waals surface area (Å²) in [5.74, 6) is -1.47. The van der Waals surface area contributed by atoms with Crippen LogP contribution in [0, 0.1) is 11.6 Å². The fraction of sp³-hybridized carbons (Fsp3) is 0.167. The zero-order valence-electron chi connectivity index (χ0n) is 17.9. The van der Waals surface area contributed by atoms with Crippen LogP contribution in [0.4, 0.5) is 22.0 Å². The van der Waals surface area contributed by atoms with Crippen LogP contribution >= 0.6 is 0 Å². The highest BCUT2D eigenvalue weighted by atomic mass is 19.4. The maximum atomic E-state index is 14.1. The van der Waals surface area contributed by atoms with Crippen molar-refractivity contribution in [2.45, 2.75) is 25.6 Å². The predicted molar refractivity (Wildman–Crippen MR) is 115 cm³/mol. The summed E-state index contributed by atoms with van der Waals surface area (Å²) in [5, 5.41) is 8.27. The third-order valence-electron chi connectivity index (χ3n) is 5.33. The van der Waals surface area contributed by atoms with Crippen LogP contribution in [-0.2, 0) is 13.0 Å². The van der Waals surface area contributed by atoms with Crippen LogP contribution in [0.1, 0.15) is 17.7 Å². The van der Waals surface area contributed by atoms with Crippen LogP contribution in [0.3, 0.4) is 0 Å². The first kappa shape index (κ1) is 22.6. The van der Waals surface area contributed by atoms with E-state index in [1.54, 1.807) is 36.5 Å². The molecule has 2 aromatic carbocycles. The molecule has 2 aliphatic heterocycles. The molecule has 1 aromatic heterocycles. The van der Waals surface area contributed by atoms with Crippen LogP contribution in [-0.4, -0.2) is 31.1 Å². The first-order valence-corrected chi connectivity index (χ1v) is 10.5. The lowest BCUT2D eigenvalue weighted by molar-refractivity contribution is -0.133. The second-order valence-electron chi connectivity index (χ2n) is 7.88. The minimum atomic E-state index is -4.19. The maximum absolute atomic E-state index is 14.1. The normalized spacial score (nSPS) is 11.9. The summed E-state index contributed by atoms with van der Waals surface area (Å²) in [6.07, 6.45) is -2.10. The van der Waals surface area contributed by atoms with Crippen molar-refractivity contribution in [2.24, 2.45) is 0 Å². The number of aryl methyl sites for hydroxylation is 1. The van der Waals surface area contributed by atoms with Crippen molar-refractivity contribution in [3.05, 3.63) is 83.9 Å². The van der Waals surface area contributed by atoms with Gasteiger partial charge >= 0.3 is 6.18 Å². The summed E-state index contributed by atoms with van der Waals surface area (Å²) < 4.78 is 71.7. The van der Waals surface area contributed by atoms with Gasteiger partial charge in [-0.2, -0.15) is 18.3 Å². The smallest absolute Gasteiger partial charge is 0.359 e. The average Bonchev–Trinajstić information content (AvgIpc) is 3.46. The van der Waals surface area contributed by atoms with Gasteiger partial charge in [0.15, 0.2) is 23.2 Å². The van der Waals surface area contributed by atoms with Gasteiger partial charge in [0, 0.05) is 18.1 Å². The molecule has 3 heterocycles. The molecule has 0 spiro atoms. The monoisotopic (exact) mass is 485 g/mol. The van der Waals surface area contributed by atoms with E-state index in [1.165, 1.54) is 23.0 Å². The van der Waals surface area contributed by atoms with Crippen molar-refractivity contribution in [2.75, 3.05) is 0 Å². The van der Waals surface area contributed by atoms with E-state index in [2.05, 4.69) is 20.2 Å². The molecule has 0 saturated carbocycles. The molecule has 0 radical (unpaired) electrons. The molecule has 0 N–H and O–H groups in total. The van der Waals surface area contributed by atoms with Gasteiger partial charge in [0.2, 0.25) is 0 Å². The largest absolute Gasteiger partial charge is 0.389 e. The lowest BCUT2D eigenvalue weighted by Gasteiger charge is -2.06. The Bertz CT molecular complexity index is 1440. The van der Waals surface area contributed by atoms with Crippen LogP contribution in [0.15, 0.2) is 65.4 Å². The third kappa shape index (κ3) is 5.03. The molecule has 178 valence electrons. The summed E-state index contributed by atoms with van der Waals surface area (Å²) in [5.41, 5.74) is 2.62. The standard InChI is InChI=1S/C24H16F5N5O/c25-18-3-1-2-17(22(18)26)23-31-20-11-30-34(13-21(20)32-23)12-16-10-19(33-35-16)15-6-4-14(5-7-15)8-9-24(27,28)29/h1-7,10-11,13H,8-9,12H2. The van der Waals surface area contributed by atoms with Gasteiger partial charge < -0.3 is 4.52 Å². The van der Waals surface area contributed by atoms with E-state index in [-0.39, 0.29) is 24.4 Å². The zero-order chi connectivity index (χ0) is 24.6. The lowest BCUT2D eigenvalue weighted by atomic mass is 10.1. The van der Waals surface area contributed by atoms with E-state index in [1.807, 2.05) is 0 Å². The number of halogens is 5. The highest BCUT2D eigenvalue weighted by molar-refractivity contribution is 5.65. The highest BCUT2D eigenvalue weighted by Gasteiger charge is 2.26. The molecule has 11 heteroatoms. The molecule has 0 aliphatic carbocycles. The van der Waals surface area contributed by atoms with Gasteiger partial charge in [-0.05, 0) is 24.1 Å². The number of benzene rings is 2. The molecule has 0 saturated heterocycles. The van der Waals surface area contributed by atoms with Crippen molar-refractivity contribution in [3.8, 4) is 34.0 Å². The van der Waals surface area contributed by atoms with Crippen LogP contribution in [0.25, 0.3) is 34.0 Å². The van der Waals surface area contributed by atoms with Crippen LogP contribution < -0.4 is 0 Å². The van der Waals surface area contributed by atoms with Gasteiger partial charge in [-0.15, -0.1) is 0 Å². The quantitative estimate of drug-likeness (QED) is 0.279. The predicted octanol–water partition coefficient (Wildman–Crippen LogP) is 5.92. The van der Waals surface area contributed by atoms with Gasteiger partial charge in [0.1, 0.15) is 23.6 Å².